The summed E-state index contributed by atoms with van der Waals surface area (Å²) < 4.78 is 33.4. The van der Waals surface area contributed by atoms with E-state index in [1.165, 1.54) is 12.1 Å². The topological polar surface area (TPSA) is 31.2 Å². The van der Waals surface area contributed by atoms with Crippen LogP contribution in [0.1, 0.15) is 31.0 Å². The Morgan fingerprint density at radius 2 is 1.71 bits per heavy atom. The third-order valence-electron chi connectivity index (χ3n) is 4.20. The zero-order valence-electron chi connectivity index (χ0n) is 16.8. The summed E-state index contributed by atoms with van der Waals surface area (Å²) in [5.41, 5.74) is 6.47. The largest absolute Gasteiger partial charge is 0.592 e. The van der Waals surface area contributed by atoms with Crippen LogP contribution in [-0.2, 0) is 8.78 Å². The van der Waals surface area contributed by atoms with Gasteiger partial charge in [0.15, 0.2) is 0 Å². The Bertz CT molecular complexity index is 1090. The number of para-hydroxylation sites is 1. The van der Waals surface area contributed by atoms with Crippen molar-refractivity contribution >= 4 is 27.2 Å². The van der Waals surface area contributed by atoms with Gasteiger partial charge in [0.25, 0.3) is 8.32 Å². The number of rotatable bonds is 4. The highest BCUT2D eigenvalue weighted by Gasteiger charge is 2.29. The van der Waals surface area contributed by atoms with Gasteiger partial charge in [-0.3, -0.25) is 0 Å². The van der Waals surface area contributed by atoms with Gasteiger partial charge in [-0.2, -0.15) is 4.21 Å². The lowest BCUT2D eigenvalue weighted by Gasteiger charge is -2.09. The summed E-state index contributed by atoms with van der Waals surface area (Å²) in [6.07, 6.45) is 0. The Balaban J connectivity index is 2.25. The van der Waals surface area contributed by atoms with Crippen LogP contribution in [0.2, 0.25) is 19.6 Å². The van der Waals surface area contributed by atoms with Crippen molar-refractivity contribution in [3.05, 3.63) is 65.6 Å². The minimum Gasteiger partial charge on any atom is -0.302 e. The fraction of sp³-hybridized carbons (Fsp3) is 0.273. The lowest BCUT2D eigenvalue weighted by molar-refractivity contribution is 0.515. The van der Waals surface area contributed by atoms with Gasteiger partial charge in [0.05, 0.1) is 5.52 Å². The third kappa shape index (κ3) is 4.42. The van der Waals surface area contributed by atoms with Gasteiger partial charge in [-0.15, -0.1) is 0 Å². The molecule has 0 aliphatic carbocycles. The van der Waals surface area contributed by atoms with Gasteiger partial charge in [-0.05, 0) is 66.0 Å². The van der Waals surface area contributed by atoms with Crippen molar-refractivity contribution in [3.63, 3.8) is 0 Å². The van der Waals surface area contributed by atoms with Crippen LogP contribution < -0.4 is 0 Å². The third-order valence-corrected chi connectivity index (χ3v) is 7.35. The molecule has 0 spiro atoms. The molecule has 6 heteroatoms. The first-order chi connectivity index (χ1) is 13.2. The maximum atomic E-state index is 13.5. The van der Waals surface area contributed by atoms with E-state index < -0.39 is 16.3 Å². The highest BCUT2D eigenvalue weighted by molar-refractivity contribution is 7.47. The van der Waals surface area contributed by atoms with Crippen LogP contribution >= 0.6 is 8.03 Å². The summed E-state index contributed by atoms with van der Waals surface area (Å²) in [5, 5.41) is 1.09. The molecule has 3 rings (SSSR count). The van der Waals surface area contributed by atoms with Crippen molar-refractivity contribution in [1.82, 2.24) is 4.57 Å². The van der Waals surface area contributed by atoms with E-state index in [9.17, 15) is 8.96 Å². The van der Waals surface area contributed by atoms with Crippen molar-refractivity contribution in [3.8, 4) is 17.3 Å². The molecule has 0 fully saturated rings. The number of fused-ring (bicyclic) bond motifs is 1. The molecule has 0 N–H and O–H groups in total. The van der Waals surface area contributed by atoms with Crippen LogP contribution in [0, 0.1) is 17.4 Å². The van der Waals surface area contributed by atoms with Crippen molar-refractivity contribution in [2.24, 2.45) is 0 Å². The van der Waals surface area contributed by atoms with Gasteiger partial charge in [0.1, 0.15) is 11.5 Å². The summed E-state index contributed by atoms with van der Waals surface area (Å²) in [5.74, 6) is 3.05. The molecule has 0 radical (unpaired) electrons. The van der Waals surface area contributed by atoms with E-state index in [1.807, 2.05) is 42.4 Å². The SMILES string of the molecule is CC(C)c1c(C#C[P+](=O)O[Si](C)(C)C)n(-c2ccc(F)cc2)c2ccccc12. The molecule has 1 aromatic heterocycles. The van der Waals surface area contributed by atoms with Crippen LogP contribution in [-0.4, -0.2) is 12.9 Å². The average molecular weight is 412 g/mol. The number of halogens is 1. The molecular weight excluding hydrogens is 388 g/mol. The summed E-state index contributed by atoms with van der Waals surface area (Å²) >= 11 is 0. The molecule has 28 heavy (non-hydrogen) atoms. The van der Waals surface area contributed by atoms with Crippen molar-refractivity contribution in [2.75, 3.05) is 0 Å². The van der Waals surface area contributed by atoms with Gasteiger partial charge in [-0.1, -0.05) is 32.0 Å². The lowest BCUT2D eigenvalue weighted by Crippen LogP contribution is -2.20. The zero-order chi connectivity index (χ0) is 20.5. The van der Waals surface area contributed by atoms with Gasteiger partial charge in [-0.25, -0.2) is 4.39 Å². The number of hydrogen-bond acceptors (Lipinski definition) is 2. The first-order valence-electron chi connectivity index (χ1n) is 9.24. The van der Waals surface area contributed by atoms with Gasteiger partial charge >= 0.3 is 8.03 Å². The molecular formula is C22H24FNO2PSi+. The maximum absolute atomic E-state index is 13.5. The van der Waals surface area contributed by atoms with E-state index in [0.717, 1.165) is 27.8 Å². The summed E-state index contributed by atoms with van der Waals surface area (Å²) in [4.78, 5) is 0. The Morgan fingerprint density at radius 1 is 1.07 bits per heavy atom. The van der Waals surface area contributed by atoms with Crippen molar-refractivity contribution in [1.29, 1.82) is 0 Å². The van der Waals surface area contributed by atoms with Crippen LogP contribution in [0.4, 0.5) is 4.39 Å². The highest BCUT2D eigenvalue weighted by atomic mass is 31.1. The quantitative estimate of drug-likeness (QED) is 0.268. The summed E-state index contributed by atoms with van der Waals surface area (Å²) in [7, 11) is -4.01. The smallest absolute Gasteiger partial charge is 0.302 e. The molecule has 1 atom stereocenters. The molecule has 2 aromatic carbocycles. The number of hydrogen-bond donors (Lipinski definition) is 0. The molecule has 3 aromatic rings. The van der Waals surface area contributed by atoms with Crippen LogP contribution in [0.3, 0.4) is 0 Å². The summed E-state index contributed by atoms with van der Waals surface area (Å²) in [6.45, 7) is 10.2. The predicted molar refractivity (Wildman–Crippen MR) is 116 cm³/mol. The second-order valence-electron chi connectivity index (χ2n) is 7.94. The lowest BCUT2D eigenvalue weighted by atomic mass is 9.99. The van der Waals surface area contributed by atoms with Crippen LogP contribution in [0.5, 0.6) is 0 Å². The van der Waals surface area contributed by atoms with Gasteiger partial charge in [0, 0.05) is 17.0 Å². The van der Waals surface area contributed by atoms with Gasteiger partial charge < -0.3 is 4.57 Å². The van der Waals surface area contributed by atoms with E-state index in [2.05, 4.69) is 31.5 Å². The van der Waals surface area contributed by atoms with Crippen molar-refractivity contribution < 1.29 is 13.2 Å². The predicted octanol–water partition coefficient (Wildman–Crippen LogP) is 6.80. The van der Waals surface area contributed by atoms with Crippen LogP contribution in [0.25, 0.3) is 16.6 Å². The molecule has 1 heterocycles. The molecule has 0 saturated carbocycles. The standard InChI is InChI=1S/C22H24FNO2PSi/c1-16(2)22-19-8-6-7-9-20(19)24(18-12-10-17(23)11-13-18)21(22)14-15-27(25)26-28(3,4)5/h6-13,16H,1-5H3/q+1. The van der Waals surface area contributed by atoms with E-state index in [0.29, 0.717) is 0 Å². The van der Waals surface area contributed by atoms with E-state index >= 15 is 0 Å². The Labute approximate surface area is 167 Å². The molecule has 0 bridgehead atoms. The zero-order valence-corrected chi connectivity index (χ0v) is 18.7. The molecule has 0 aliphatic rings. The average Bonchev–Trinajstić information content (AvgIpc) is 2.93. The first kappa shape index (κ1) is 20.5. The fourth-order valence-corrected chi connectivity index (χ4v) is 5.57. The second-order valence-corrected chi connectivity index (χ2v) is 13.6. The highest BCUT2D eigenvalue weighted by Crippen LogP contribution is 2.35. The summed E-state index contributed by atoms with van der Waals surface area (Å²) in [6, 6.07) is 14.4. The Kier molecular flexibility index (Phi) is 5.86. The van der Waals surface area contributed by atoms with Crippen molar-refractivity contribution in [2.45, 2.75) is 39.4 Å². The monoisotopic (exact) mass is 412 g/mol. The van der Waals surface area contributed by atoms with Crippen LogP contribution in [0.15, 0.2) is 48.5 Å². The molecule has 0 saturated heterocycles. The Hall–Kier alpha value is -2.25. The first-order valence-corrected chi connectivity index (χ1v) is 13.8. The van der Waals surface area contributed by atoms with Gasteiger partial charge in [0.2, 0.25) is 5.66 Å². The molecule has 1 unspecified atom stereocenters. The van der Waals surface area contributed by atoms with E-state index in [4.69, 9.17) is 4.21 Å². The fourth-order valence-electron chi connectivity index (χ4n) is 3.20. The molecule has 0 aliphatic heterocycles. The van der Waals surface area contributed by atoms with E-state index in [-0.39, 0.29) is 11.7 Å². The minimum atomic E-state index is -2.06. The number of nitrogens with zero attached hydrogens (tertiary/aromatic N) is 1. The van der Waals surface area contributed by atoms with E-state index in [1.54, 1.807) is 12.1 Å². The Morgan fingerprint density at radius 3 is 2.32 bits per heavy atom. The minimum absolute atomic E-state index is 0.215. The molecule has 3 nitrogen and oxygen atoms in total. The second kappa shape index (κ2) is 8.01. The molecule has 0 amide bonds. The molecule has 144 valence electrons. The number of aromatic nitrogens is 1. The number of benzene rings is 2. The normalized spacial score (nSPS) is 12.2. The maximum Gasteiger partial charge on any atom is 0.592 e.